The Kier molecular flexibility index (Phi) is 15.1. The molecule has 1 atom stereocenters. The number of ether oxygens (including phenoxy) is 1. The summed E-state index contributed by atoms with van der Waals surface area (Å²) >= 11 is 0. The van der Waals surface area contributed by atoms with Crippen LogP contribution >= 0.6 is 0 Å². The number of halogens is 1. The summed E-state index contributed by atoms with van der Waals surface area (Å²) in [5, 5.41) is 23.8. The fraction of sp³-hybridized carbons (Fsp3) is 0.611. The van der Waals surface area contributed by atoms with E-state index in [1.54, 1.807) is 4.90 Å². The molecule has 2 fully saturated rings. The lowest BCUT2D eigenvalue weighted by molar-refractivity contribution is -0.134. The summed E-state index contributed by atoms with van der Waals surface area (Å²) in [6.07, 6.45) is 7.27. The number of carbonyl (C=O) groups is 3. The molecule has 2 N–H and O–H groups in total. The predicted molar refractivity (Wildman–Crippen MR) is 189 cm³/mol. The number of benzene rings is 1. The topological polar surface area (TPSA) is 153 Å². The van der Waals surface area contributed by atoms with Gasteiger partial charge in [-0.1, -0.05) is 20.8 Å². The Hall–Kier alpha value is -4.17. The second-order valence-corrected chi connectivity index (χ2v) is 13.9. The van der Waals surface area contributed by atoms with Crippen LogP contribution in [0.5, 0.6) is 11.6 Å². The average Bonchev–Trinajstić information content (AvgIpc) is 3.49. The average molecular weight is 700 g/mol. The molecule has 2 aliphatic heterocycles. The lowest BCUT2D eigenvalue weighted by Crippen LogP contribution is -2.62. The van der Waals surface area contributed by atoms with Gasteiger partial charge in [0.05, 0.1) is 5.56 Å². The lowest BCUT2D eigenvalue weighted by atomic mass is 9.76. The fourth-order valence-electron chi connectivity index (χ4n) is 6.87. The molecule has 1 spiro atoms. The molecule has 50 heavy (non-hydrogen) atoms. The van der Waals surface area contributed by atoms with Gasteiger partial charge in [-0.25, -0.2) is 19.0 Å². The molecule has 2 aliphatic rings. The van der Waals surface area contributed by atoms with E-state index in [1.807, 2.05) is 20.8 Å². The maximum absolute atomic E-state index is 14.3. The number of carboxylic acids is 2. The van der Waals surface area contributed by atoms with E-state index < -0.39 is 17.8 Å². The maximum Gasteiger partial charge on any atom is 0.328 e. The minimum atomic E-state index is -1.26. The summed E-state index contributed by atoms with van der Waals surface area (Å²) < 4.78 is 20.5. The second-order valence-electron chi connectivity index (χ2n) is 13.9. The summed E-state index contributed by atoms with van der Waals surface area (Å²) in [4.78, 5) is 46.0. The van der Waals surface area contributed by atoms with Crippen LogP contribution in [0.4, 0.5) is 10.2 Å². The van der Waals surface area contributed by atoms with Gasteiger partial charge in [-0.2, -0.15) is 0 Å². The molecule has 14 heteroatoms. The fourth-order valence-corrected chi connectivity index (χ4v) is 6.87. The number of hydrogen-bond acceptors (Lipinski definition) is 10. The Morgan fingerprint density at radius 3 is 2.32 bits per heavy atom. The van der Waals surface area contributed by atoms with E-state index in [4.69, 9.17) is 14.9 Å². The molecular formula is C36H54FN7O6. The molecule has 2 saturated heterocycles. The lowest BCUT2D eigenvalue weighted by Gasteiger charge is -2.53. The molecule has 0 unspecified atom stereocenters. The molecule has 2 aromatic rings. The SMILES string of the molecule is CCCN(C)CCC[C@@H](C(C)C)N1CC2(CCN(c3ncnnc3Oc3ccc(F)cc3C(=O)N(CC)C(C)C)C2)C1.O=C(O)/C=C/C(=O)O. The highest BCUT2D eigenvalue weighted by Gasteiger charge is 2.50. The molecule has 1 amide bonds. The highest BCUT2D eigenvalue weighted by atomic mass is 19.1. The van der Waals surface area contributed by atoms with Crippen LogP contribution in [0.2, 0.25) is 0 Å². The zero-order valence-electron chi connectivity index (χ0n) is 30.5. The van der Waals surface area contributed by atoms with Gasteiger partial charge in [0, 0.05) is 62.4 Å². The summed E-state index contributed by atoms with van der Waals surface area (Å²) in [7, 11) is 2.22. The summed E-state index contributed by atoms with van der Waals surface area (Å²) in [5.41, 5.74) is 0.389. The van der Waals surface area contributed by atoms with Gasteiger partial charge in [0.2, 0.25) is 0 Å². The van der Waals surface area contributed by atoms with Crippen molar-refractivity contribution < 1.29 is 33.7 Å². The first-order chi connectivity index (χ1) is 23.7. The van der Waals surface area contributed by atoms with Crippen molar-refractivity contribution in [2.24, 2.45) is 11.3 Å². The Morgan fingerprint density at radius 2 is 1.74 bits per heavy atom. The van der Waals surface area contributed by atoms with Crippen molar-refractivity contribution in [1.29, 1.82) is 0 Å². The number of aliphatic carboxylic acids is 2. The number of carbonyl (C=O) groups excluding carboxylic acids is 1. The Bertz CT molecular complexity index is 1450. The molecule has 13 nitrogen and oxygen atoms in total. The number of nitrogens with zero attached hydrogens (tertiary/aromatic N) is 7. The van der Waals surface area contributed by atoms with Gasteiger partial charge in [0.1, 0.15) is 17.9 Å². The van der Waals surface area contributed by atoms with Gasteiger partial charge in [-0.15, -0.1) is 10.2 Å². The number of rotatable bonds is 16. The second kappa shape index (κ2) is 18.7. The van der Waals surface area contributed by atoms with E-state index in [-0.39, 0.29) is 34.6 Å². The standard InChI is InChI=1S/C32H50FN7O2.C4H4O4/c1-8-15-37(7)16-10-11-27(23(3)4)39-20-32(21-39)14-17-38(19-32)29-30(36-35-22-34-29)42-28-13-12-25(33)18-26(28)31(41)40(9-2)24(5)6;5-3(6)1-2-4(7)8/h12-13,18,22-24,27H,8-11,14-17,19-21H2,1-7H3;1-2H,(H,5,6)(H,7,8)/b;2-1+/t27-;/m0./s1. The van der Waals surface area contributed by atoms with Crippen molar-refractivity contribution in [3.8, 4) is 11.6 Å². The molecule has 0 saturated carbocycles. The van der Waals surface area contributed by atoms with E-state index in [0.29, 0.717) is 36.5 Å². The normalized spacial score (nSPS) is 16.1. The molecule has 4 rings (SSSR count). The molecule has 0 bridgehead atoms. The number of anilines is 1. The van der Waals surface area contributed by atoms with E-state index in [0.717, 1.165) is 45.7 Å². The van der Waals surface area contributed by atoms with E-state index in [9.17, 15) is 18.8 Å². The van der Waals surface area contributed by atoms with Gasteiger partial charge in [0.15, 0.2) is 5.82 Å². The molecule has 3 heterocycles. The molecule has 1 aromatic carbocycles. The van der Waals surface area contributed by atoms with Crippen molar-refractivity contribution >= 4 is 23.7 Å². The highest BCUT2D eigenvalue weighted by molar-refractivity contribution is 5.97. The third-order valence-corrected chi connectivity index (χ3v) is 9.24. The third-order valence-electron chi connectivity index (χ3n) is 9.24. The van der Waals surface area contributed by atoms with Crippen molar-refractivity contribution in [2.45, 2.75) is 79.3 Å². The van der Waals surface area contributed by atoms with Gasteiger partial charge >= 0.3 is 11.9 Å². The number of amides is 1. The monoisotopic (exact) mass is 699 g/mol. The summed E-state index contributed by atoms with van der Waals surface area (Å²) in [5.74, 6) is -1.58. The molecular weight excluding hydrogens is 645 g/mol. The van der Waals surface area contributed by atoms with Gasteiger partial charge < -0.3 is 29.6 Å². The Morgan fingerprint density at radius 1 is 1.06 bits per heavy atom. The first-order valence-corrected chi connectivity index (χ1v) is 17.5. The van der Waals surface area contributed by atoms with Crippen LogP contribution in [0, 0.1) is 17.2 Å². The number of hydrogen-bond donors (Lipinski definition) is 2. The van der Waals surface area contributed by atoms with Crippen molar-refractivity contribution in [3.63, 3.8) is 0 Å². The molecule has 0 aliphatic carbocycles. The molecule has 276 valence electrons. The van der Waals surface area contributed by atoms with Crippen LogP contribution in [0.3, 0.4) is 0 Å². The molecule has 1 aromatic heterocycles. The van der Waals surface area contributed by atoms with Gasteiger partial charge in [-0.05, 0) is 90.7 Å². The van der Waals surface area contributed by atoms with Crippen molar-refractivity contribution in [2.75, 3.05) is 57.8 Å². The van der Waals surface area contributed by atoms with Crippen molar-refractivity contribution in [1.82, 2.24) is 29.9 Å². The molecule has 0 radical (unpaired) electrons. The quantitative estimate of drug-likeness (QED) is 0.226. The van der Waals surface area contributed by atoms with E-state index in [1.165, 1.54) is 43.8 Å². The van der Waals surface area contributed by atoms with Crippen LogP contribution < -0.4 is 9.64 Å². The van der Waals surface area contributed by atoms with Crippen LogP contribution in [0.25, 0.3) is 0 Å². The Balaban J connectivity index is 0.000000753. The minimum Gasteiger partial charge on any atom is -0.478 e. The zero-order valence-corrected chi connectivity index (χ0v) is 30.5. The highest BCUT2D eigenvalue weighted by Crippen LogP contribution is 2.44. The van der Waals surface area contributed by atoms with Gasteiger partial charge in [0.25, 0.3) is 11.8 Å². The largest absolute Gasteiger partial charge is 0.478 e. The van der Waals surface area contributed by atoms with Crippen molar-refractivity contribution in [3.05, 3.63) is 48.1 Å². The smallest absolute Gasteiger partial charge is 0.328 e. The van der Waals surface area contributed by atoms with E-state index >= 15 is 0 Å². The summed E-state index contributed by atoms with van der Waals surface area (Å²) in [6.45, 7) is 19.4. The predicted octanol–water partition coefficient (Wildman–Crippen LogP) is 5.04. The number of carboxylic acid groups (broad SMARTS) is 2. The van der Waals surface area contributed by atoms with Crippen LogP contribution in [0.1, 0.15) is 77.6 Å². The summed E-state index contributed by atoms with van der Waals surface area (Å²) in [6, 6.07) is 4.57. The first kappa shape index (κ1) is 40.3. The maximum atomic E-state index is 14.3. The number of aromatic nitrogens is 3. The van der Waals surface area contributed by atoms with Crippen LogP contribution in [-0.4, -0.2) is 123 Å². The van der Waals surface area contributed by atoms with E-state index in [2.05, 4.69) is 57.7 Å². The first-order valence-electron chi connectivity index (χ1n) is 17.5. The van der Waals surface area contributed by atoms with Gasteiger partial charge in [-0.3, -0.25) is 9.69 Å². The number of likely N-dealkylation sites (tertiary alicyclic amines) is 1. The van der Waals surface area contributed by atoms with Crippen LogP contribution in [-0.2, 0) is 9.59 Å². The van der Waals surface area contributed by atoms with Crippen LogP contribution in [0.15, 0.2) is 36.7 Å². The Labute approximate surface area is 295 Å². The third kappa shape index (κ3) is 11.2. The minimum absolute atomic E-state index is 0.0344. The zero-order chi connectivity index (χ0) is 37.0.